The van der Waals surface area contributed by atoms with Gasteiger partial charge in [0.2, 0.25) is 0 Å². The first kappa shape index (κ1) is 13.3. The van der Waals surface area contributed by atoms with E-state index in [1.54, 1.807) is 25.3 Å². The van der Waals surface area contributed by atoms with Gasteiger partial charge in [-0.1, -0.05) is 12.2 Å². The minimum atomic E-state index is -0.360. The highest BCUT2D eigenvalue weighted by Crippen LogP contribution is 2.21. The Kier molecular flexibility index (Phi) is 5.23. The van der Waals surface area contributed by atoms with Crippen LogP contribution in [0.3, 0.4) is 0 Å². The minimum absolute atomic E-state index is 0.360. The van der Waals surface area contributed by atoms with Crippen LogP contribution in [0.1, 0.15) is 22.3 Å². The highest BCUT2D eigenvalue weighted by atomic mass is 16.5. The number of ether oxygens (including phenoxy) is 2. The van der Waals surface area contributed by atoms with Gasteiger partial charge in [0.1, 0.15) is 5.75 Å². The Balaban J connectivity index is 3.02. The highest BCUT2D eigenvalue weighted by Gasteiger charge is 2.08. The van der Waals surface area contributed by atoms with Crippen LogP contribution in [-0.2, 0) is 4.74 Å². The maximum Gasteiger partial charge on any atom is 0.337 e. The molecule has 4 heteroatoms. The van der Waals surface area contributed by atoms with Gasteiger partial charge in [0.25, 0.3) is 0 Å². The fourth-order valence-corrected chi connectivity index (χ4v) is 1.42. The van der Waals surface area contributed by atoms with Crippen LogP contribution in [0.2, 0.25) is 0 Å². The molecule has 92 valence electrons. The highest BCUT2D eigenvalue weighted by molar-refractivity contribution is 5.90. The second kappa shape index (κ2) is 6.70. The third-order valence-corrected chi connectivity index (χ3v) is 2.28. The smallest absolute Gasteiger partial charge is 0.337 e. The van der Waals surface area contributed by atoms with Gasteiger partial charge in [-0.25, -0.2) is 4.79 Å². The number of carbonyl (C=O) groups is 1. The molecule has 0 amide bonds. The largest absolute Gasteiger partial charge is 0.496 e. The fraction of sp³-hybridized carbons (Fsp3) is 0.308. The Hall–Kier alpha value is -1.81. The molecule has 0 atom stereocenters. The van der Waals surface area contributed by atoms with E-state index in [1.165, 1.54) is 7.11 Å². The summed E-state index contributed by atoms with van der Waals surface area (Å²) in [6.45, 7) is 0.593. The monoisotopic (exact) mass is 235 g/mol. The molecule has 2 N–H and O–H groups in total. The number of methoxy groups -OCH3 is 2. The Morgan fingerprint density at radius 2 is 2.18 bits per heavy atom. The number of rotatable bonds is 5. The summed E-state index contributed by atoms with van der Waals surface area (Å²) in [4.78, 5) is 11.4. The normalized spacial score (nSPS) is 10.5. The Morgan fingerprint density at radius 3 is 2.76 bits per heavy atom. The van der Waals surface area contributed by atoms with Gasteiger partial charge in [-0.15, -0.1) is 0 Å². The molecule has 0 fully saturated rings. The molecule has 0 unspecified atom stereocenters. The summed E-state index contributed by atoms with van der Waals surface area (Å²) < 4.78 is 9.88. The maximum atomic E-state index is 11.4. The summed E-state index contributed by atoms with van der Waals surface area (Å²) >= 11 is 0. The lowest BCUT2D eigenvalue weighted by molar-refractivity contribution is 0.0600. The minimum Gasteiger partial charge on any atom is -0.496 e. The van der Waals surface area contributed by atoms with Gasteiger partial charge in [-0.2, -0.15) is 0 Å². The molecule has 1 aromatic rings. The zero-order chi connectivity index (χ0) is 12.7. The van der Waals surface area contributed by atoms with Gasteiger partial charge in [-0.05, 0) is 31.2 Å². The number of nitrogens with two attached hydrogens (primary N) is 1. The quantitative estimate of drug-likeness (QED) is 0.791. The van der Waals surface area contributed by atoms with Crippen LogP contribution in [-0.4, -0.2) is 26.7 Å². The topological polar surface area (TPSA) is 61.5 Å². The molecular weight excluding hydrogens is 218 g/mol. The van der Waals surface area contributed by atoms with Gasteiger partial charge >= 0.3 is 5.97 Å². The molecular formula is C13H17NO3. The van der Waals surface area contributed by atoms with E-state index in [4.69, 9.17) is 10.5 Å². The van der Waals surface area contributed by atoms with Crippen molar-refractivity contribution >= 4 is 12.0 Å². The van der Waals surface area contributed by atoms with E-state index >= 15 is 0 Å². The van der Waals surface area contributed by atoms with Gasteiger partial charge in [0.15, 0.2) is 0 Å². The average molecular weight is 235 g/mol. The van der Waals surface area contributed by atoms with E-state index in [-0.39, 0.29) is 5.97 Å². The van der Waals surface area contributed by atoms with E-state index in [2.05, 4.69) is 4.74 Å². The van der Waals surface area contributed by atoms with Crippen LogP contribution < -0.4 is 10.5 Å². The fourth-order valence-electron chi connectivity index (χ4n) is 1.42. The lowest BCUT2D eigenvalue weighted by atomic mass is 10.1. The lowest BCUT2D eigenvalue weighted by Crippen LogP contribution is -2.02. The number of hydrogen-bond donors (Lipinski definition) is 1. The maximum absolute atomic E-state index is 11.4. The van der Waals surface area contributed by atoms with Crippen molar-refractivity contribution in [2.24, 2.45) is 5.73 Å². The van der Waals surface area contributed by atoms with E-state index in [9.17, 15) is 4.79 Å². The summed E-state index contributed by atoms with van der Waals surface area (Å²) in [5.74, 6) is 0.354. The van der Waals surface area contributed by atoms with Crippen molar-refractivity contribution in [3.8, 4) is 5.75 Å². The molecule has 0 aromatic heterocycles. The van der Waals surface area contributed by atoms with E-state index in [0.29, 0.717) is 17.9 Å². The molecule has 0 bridgehead atoms. The molecule has 17 heavy (non-hydrogen) atoms. The molecule has 1 rings (SSSR count). The molecule has 1 aromatic carbocycles. The standard InChI is InChI=1S/C13H17NO3/c1-16-12-7-6-11(13(15)17-2)9-10(12)5-3-4-8-14/h3,5-7,9H,4,8,14H2,1-2H3. The predicted octanol–water partition coefficient (Wildman–Crippen LogP) is 1.84. The first-order chi connectivity index (χ1) is 8.22. The number of benzene rings is 1. The number of carbonyl (C=O) groups excluding carboxylic acids is 1. The Labute approximate surface area is 101 Å². The lowest BCUT2D eigenvalue weighted by Gasteiger charge is -2.06. The second-order valence-electron chi connectivity index (χ2n) is 3.43. The zero-order valence-electron chi connectivity index (χ0n) is 10.1. The van der Waals surface area contributed by atoms with Crippen LogP contribution in [0.5, 0.6) is 5.75 Å². The van der Waals surface area contributed by atoms with Crippen LogP contribution in [0.4, 0.5) is 0 Å². The molecule has 0 heterocycles. The summed E-state index contributed by atoms with van der Waals surface area (Å²) in [5, 5.41) is 0. The van der Waals surface area contributed by atoms with Crippen molar-refractivity contribution in [2.45, 2.75) is 6.42 Å². The van der Waals surface area contributed by atoms with Crippen LogP contribution in [0.25, 0.3) is 6.08 Å². The Morgan fingerprint density at radius 1 is 1.41 bits per heavy atom. The molecule has 4 nitrogen and oxygen atoms in total. The molecule has 0 aliphatic heterocycles. The van der Waals surface area contributed by atoms with Gasteiger partial charge in [0, 0.05) is 5.56 Å². The van der Waals surface area contributed by atoms with Gasteiger partial charge < -0.3 is 15.2 Å². The summed E-state index contributed by atoms with van der Waals surface area (Å²) in [7, 11) is 2.95. The first-order valence-corrected chi connectivity index (χ1v) is 5.36. The third kappa shape index (κ3) is 3.60. The first-order valence-electron chi connectivity index (χ1n) is 5.36. The van der Waals surface area contributed by atoms with Crippen LogP contribution in [0.15, 0.2) is 24.3 Å². The molecule has 0 aliphatic rings. The summed E-state index contributed by atoms with van der Waals surface area (Å²) in [6, 6.07) is 5.15. The predicted molar refractivity (Wildman–Crippen MR) is 67.0 cm³/mol. The molecule has 0 saturated heterocycles. The van der Waals surface area contributed by atoms with Crippen molar-refractivity contribution in [1.29, 1.82) is 0 Å². The van der Waals surface area contributed by atoms with E-state index < -0.39 is 0 Å². The molecule has 0 saturated carbocycles. The van der Waals surface area contributed by atoms with Crippen molar-refractivity contribution in [3.63, 3.8) is 0 Å². The molecule has 0 aliphatic carbocycles. The van der Waals surface area contributed by atoms with E-state index in [1.807, 2.05) is 12.2 Å². The third-order valence-electron chi connectivity index (χ3n) is 2.28. The van der Waals surface area contributed by atoms with Gasteiger partial charge in [-0.3, -0.25) is 0 Å². The average Bonchev–Trinajstić information content (AvgIpc) is 2.38. The summed E-state index contributed by atoms with van der Waals surface area (Å²) in [6.07, 6.45) is 4.61. The van der Waals surface area contributed by atoms with Crippen molar-refractivity contribution < 1.29 is 14.3 Å². The van der Waals surface area contributed by atoms with E-state index in [0.717, 1.165) is 12.0 Å². The van der Waals surface area contributed by atoms with Crippen molar-refractivity contribution in [3.05, 3.63) is 35.4 Å². The SMILES string of the molecule is COC(=O)c1ccc(OC)c(C=CCCN)c1. The van der Waals surface area contributed by atoms with Crippen LogP contribution in [0, 0.1) is 0 Å². The Bertz CT molecular complexity index is 413. The number of esters is 1. The zero-order valence-corrected chi connectivity index (χ0v) is 10.1. The van der Waals surface area contributed by atoms with Crippen LogP contribution >= 0.6 is 0 Å². The molecule has 0 spiro atoms. The van der Waals surface area contributed by atoms with Gasteiger partial charge in [0.05, 0.1) is 19.8 Å². The molecule has 0 radical (unpaired) electrons. The number of hydrogen-bond acceptors (Lipinski definition) is 4. The van der Waals surface area contributed by atoms with Crippen molar-refractivity contribution in [1.82, 2.24) is 0 Å². The van der Waals surface area contributed by atoms with Crippen molar-refractivity contribution in [2.75, 3.05) is 20.8 Å². The second-order valence-corrected chi connectivity index (χ2v) is 3.43. The summed E-state index contributed by atoms with van der Waals surface area (Å²) in [5.41, 5.74) is 6.74.